The van der Waals surface area contributed by atoms with Crippen LogP contribution in [0.4, 0.5) is 0 Å². The Morgan fingerprint density at radius 2 is 1.95 bits per heavy atom. The van der Waals surface area contributed by atoms with Crippen LogP contribution in [0.3, 0.4) is 0 Å². The van der Waals surface area contributed by atoms with Crippen LogP contribution in [-0.4, -0.2) is 12.9 Å². The molecule has 1 fully saturated rings. The Bertz CT molecular complexity index is 458. The summed E-state index contributed by atoms with van der Waals surface area (Å²) in [6.45, 7) is 2.87. The van der Waals surface area contributed by atoms with Gasteiger partial charge in [0.1, 0.15) is 12.0 Å². The Labute approximate surface area is 134 Å². The third-order valence-corrected chi connectivity index (χ3v) is 4.62. The maximum Gasteiger partial charge on any atom is 0.146 e. The summed E-state index contributed by atoms with van der Waals surface area (Å²) >= 11 is 0. The van der Waals surface area contributed by atoms with Gasteiger partial charge in [0.2, 0.25) is 0 Å². The lowest BCUT2D eigenvalue weighted by Gasteiger charge is -2.23. The summed E-state index contributed by atoms with van der Waals surface area (Å²) in [5.74, 6) is 1.88. The van der Waals surface area contributed by atoms with E-state index in [9.17, 15) is 4.79 Å². The topological polar surface area (TPSA) is 26.3 Å². The normalized spacial score (nSPS) is 18.0. The third kappa shape index (κ3) is 5.67. The largest absolute Gasteiger partial charge is 0.498 e. The smallest absolute Gasteiger partial charge is 0.146 e. The molecule has 22 heavy (non-hydrogen) atoms. The Morgan fingerprint density at radius 1 is 1.23 bits per heavy atom. The predicted octanol–water partition coefficient (Wildman–Crippen LogP) is 4.94. The highest BCUT2D eigenvalue weighted by atomic mass is 16.5. The highest BCUT2D eigenvalue weighted by Gasteiger charge is 2.15. The Kier molecular flexibility index (Phi) is 7.21. The van der Waals surface area contributed by atoms with Gasteiger partial charge in [-0.3, -0.25) is 4.79 Å². The van der Waals surface area contributed by atoms with Crippen LogP contribution < -0.4 is 0 Å². The average Bonchev–Trinajstić information content (AvgIpc) is 2.56. The molecule has 0 bridgehead atoms. The second kappa shape index (κ2) is 9.45. The summed E-state index contributed by atoms with van der Waals surface area (Å²) in [6, 6.07) is 10.4. The molecule has 2 nitrogen and oxygen atoms in total. The molecule has 1 aliphatic carbocycles. The number of rotatable bonds is 8. The number of carbonyl (C=O) groups is 1. The van der Waals surface area contributed by atoms with E-state index in [4.69, 9.17) is 4.74 Å². The van der Waals surface area contributed by atoms with Crippen molar-refractivity contribution in [2.75, 3.05) is 6.61 Å². The maximum atomic E-state index is 10.9. The number of hydrogen-bond donors (Lipinski definition) is 0. The number of carbonyl (C=O) groups excluding carboxylic acids is 1. The van der Waals surface area contributed by atoms with E-state index < -0.39 is 0 Å². The fourth-order valence-corrected chi connectivity index (χ4v) is 3.31. The maximum absolute atomic E-state index is 10.9. The minimum Gasteiger partial charge on any atom is -0.498 e. The lowest BCUT2D eigenvalue weighted by atomic mass is 9.87. The van der Waals surface area contributed by atoms with Gasteiger partial charge in [-0.05, 0) is 24.3 Å². The molecule has 0 spiro atoms. The van der Waals surface area contributed by atoms with Crippen molar-refractivity contribution in [3.63, 3.8) is 0 Å². The molecule has 120 valence electrons. The fraction of sp³-hybridized carbons (Fsp3) is 0.550. The average molecular weight is 300 g/mol. The molecule has 0 aliphatic heterocycles. The molecule has 1 aliphatic rings. The van der Waals surface area contributed by atoms with Crippen molar-refractivity contribution in [2.24, 2.45) is 11.8 Å². The summed E-state index contributed by atoms with van der Waals surface area (Å²) in [6.07, 6.45) is 11.3. The van der Waals surface area contributed by atoms with Crippen molar-refractivity contribution in [1.82, 2.24) is 0 Å². The Morgan fingerprint density at radius 3 is 2.64 bits per heavy atom. The SMILES string of the molecule is C[C@@H](Cc1ccccc1)/C(=C\C=O)OCCC1CCCCC1. The molecule has 0 N–H and O–H groups in total. The van der Waals surface area contributed by atoms with Gasteiger partial charge < -0.3 is 4.74 Å². The number of ether oxygens (including phenoxy) is 1. The minimum atomic E-state index is 0.235. The summed E-state index contributed by atoms with van der Waals surface area (Å²) in [4.78, 5) is 10.9. The Hall–Kier alpha value is -1.57. The van der Waals surface area contributed by atoms with E-state index in [0.717, 1.165) is 37.4 Å². The van der Waals surface area contributed by atoms with Crippen molar-refractivity contribution in [3.8, 4) is 0 Å². The van der Waals surface area contributed by atoms with E-state index in [1.54, 1.807) is 6.08 Å². The van der Waals surface area contributed by atoms with Crippen LogP contribution in [0.25, 0.3) is 0 Å². The molecule has 2 heteroatoms. The van der Waals surface area contributed by atoms with E-state index >= 15 is 0 Å². The van der Waals surface area contributed by atoms with Gasteiger partial charge in [0.15, 0.2) is 0 Å². The van der Waals surface area contributed by atoms with E-state index in [2.05, 4.69) is 31.2 Å². The zero-order valence-corrected chi connectivity index (χ0v) is 13.7. The first-order valence-electron chi connectivity index (χ1n) is 8.61. The molecule has 0 saturated heterocycles. The van der Waals surface area contributed by atoms with Crippen LogP contribution in [0.1, 0.15) is 51.0 Å². The third-order valence-electron chi connectivity index (χ3n) is 4.62. The first-order valence-corrected chi connectivity index (χ1v) is 8.61. The lowest BCUT2D eigenvalue weighted by molar-refractivity contribution is -0.104. The summed E-state index contributed by atoms with van der Waals surface area (Å²) < 4.78 is 5.95. The molecule has 1 aromatic carbocycles. The molecule has 1 aromatic rings. The predicted molar refractivity (Wildman–Crippen MR) is 90.6 cm³/mol. The van der Waals surface area contributed by atoms with Crippen LogP contribution in [0, 0.1) is 11.8 Å². The monoisotopic (exact) mass is 300 g/mol. The fourth-order valence-electron chi connectivity index (χ4n) is 3.31. The van der Waals surface area contributed by atoms with E-state index in [-0.39, 0.29) is 5.92 Å². The standard InChI is InChI=1S/C20H28O2/c1-17(16-19-10-6-3-7-11-19)20(12-14-21)22-15-13-18-8-4-2-5-9-18/h3,6-7,10-12,14,17-18H,2,4-5,8-9,13,15-16H2,1H3/b20-12+/t17-/m0/s1. The van der Waals surface area contributed by atoms with Gasteiger partial charge in [0.05, 0.1) is 6.61 Å². The lowest BCUT2D eigenvalue weighted by Crippen LogP contribution is -2.12. The highest BCUT2D eigenvalue weighted by Crippen LogP contribution is 2.27. The van der Waals surface area contributed by atoms with E-state index in [1.165, 1.54) is 37.7 Å². The summed E-state index contributed by atoms with van der Waals surface area (Å²) in [5.41, 5.74) is 1.28. The first-order chi connectivity index (χ1) is 10.8. The highest BCUT2D eigenvalue weighted by molar-refractivity contribution is 5.65. The van der Waals surface area contributed by atoms with Gasteiger partial charge in [-0.2, -0.15) is 0 Å². The zero-order valence-electron chi connectivity index (χ0n) is 13.7. The molecule has 0 radical (unpaired) electrons. The van der Waals surface area contributed by atoms with Gasteiger partial charge >= 0.3 is 0 Å². The summed E-state index contributed by atoms with van der Waals surface area (Å²) in [7, 11) is 0. The minimum absolute atomic E-state index is 0.235. The van der Waals surface area contributed by atoms with Gasteiger partial charge in [-0.1, -0.05) is 69.4 Å². The Balaban J connectivity index is 1.81. The van der Waals surface area contributed by atoms with Crippen molar-refractivity contribution in [1.29, 1.82) is 0 Å². The zero-order chi connectivity index (χ0) is 15.6. The van der Waals surface area contributed by atoms with Gasteiger partial charge in [-0.15, -0.1) is 0 Å². The van der Waals surface area contributed by atoms with Gasteiger partial charge in [-0.25, -0.2) is 0 Å². The van der Waals surface area contributed by atoms with Crippen molar-refractivity contribution in [2.45, 2.75) is 51.9 Å². The van der Waals surface area contributed by atoms with Crippen LogP contribution in [0.2, 0.25) is 0 Å². The van der Waals surface area contributed by atoms with Crippen LogP contribution in [0.15, 0.2) is 42.2 Å². The summed E-state index contributed by atoms with van der Waals surface area (Å²) in [5, 5.41) is 0. The first kappa shape index (κ1) is 16.8. The second-order valence-corrected chi connectivity index (χ2v) is 6.44. The van der Waals surface area contributed by atoms with Gasteiger partial charge in [0.25, 0.3) is 0 Å². The molecule has 0 unspecified atom stereocenters. The molecule has 2 rings (SSSR count). The van der Waals surface area contributed by atoms with Crippen molar-refractivity contribution < 1.29 is 9.53 Å². The number of allylic oxidation sites excluding steroid dienone is 2. The van der Waals surface area contributed by atoms with Crippen molar-refractivity contribution >= 4 is 6.29 Å². The molecular formula is C20H28O2. The van der Waals surface area contributed by atoms with Crippen molar-refractivity contribution in [3.05, 3.63) is 47.7 Å². The van der Waals surface area contributed by atoms with Crippen LogP contribution >= 0.6 is 0 Å². The molecule has 1 saturated carbocycles. The molecular weight excluding hydrogens is 272 g/mol. The molecule has 0 amide bonds. The molecule has 1 atom stereocenters. The van der Waals surface area contributed by atoms with E-state index in [0.29, 0.717) is 0 Å². The number of benzene rings is 1. The number of hydrogen-bond acceptors (Lipinski definition) is 2. The molecule has 0 heterocycles. The van der Waals surface area contributed by atoms with Gasteiger partial charge in [0, 0.05) is 12.0 Å². The van der Waals surface area contributed by atoms with E-state index in [1.807, 2.05) is 6.07 Å². The van der Waals surface area contributed by atoms with Crippen LogP contribution in [-0.2, 0) is 16.0 Å². The second-order valence-electron chi connectivity index (χ2n) is 6.44. The number of aldehydes is 1. The quantitative estimate of drug-likeness (QED) is 0.386. The molecule has 0 aromatic heterocycles. The van der Waals surface area contributed by atoms with Crippen LogP contribution in [0.5, 0.6) is 0 Å².